The van der Waals surface area contributed by atoms with Crippen molar-refractivity contribution in [3.8, 4) is 5.75 Å². The fourth-order valence-electron chi connectivity index (χ4n) is 3.22. The lowest BCUT2D eigenvalue weighted by Crippen LogP contribution is -2.61. The van der Waals surface area contributed by atoms with Crippen LogP contribution in [0.5, 0.6) is 5.75 Å². The first-order chi connectivity index (χ1) is 15.1. The maximum Gasteiger partial charge on any atom is 0.229 e. The normalized spacial score (nSPS) is 25.7. The first-order valence-electron chi connectivity index (χ1n) is 11.1. The zero-order chi connectivity index (χ0) is 22.5. The van der Waals surface area contributed by atoms with Gasteiger partial charge in [0, 0.05) is 24.7 Å². The highest BCUT2D eigenvalue weighted by atomic mass is 16.7. The number of rotatable bonds is 14. The molecule has 2 rings (SSSR count). The SMILES string of the molecule is CCCCOCC1O[C@@H](Oc2ccc(CCN=[N+]=[N-])cc2)C(OCCCC)C(O)[C@H]1O. The Hall–Kier alpha value is -1.87. The second-order valence-electron chi connectivity index (χ2n) is 7.61. The van der Waals surface area contributed by atoms with E-state index in [1.807, 2.05) is 19.1 Å². The number of nitrogens with zero attached hydrogens (tertiary/aromatic N) is 3. The predicted molar refractivity (Wildman–Crippen MR) is 116 cm³/mol. The van der Waals surface area contributed by atoms with Crippen molar-refractivity contribution in [3.05, 3.63) is 40.3 Å². The Kier molecular flexibility index (Phi) is 11.7. The zero-order valence-corrected chi connectivity index (χ0v) is 18.4. The van der Waals surface area contributed by atoms with Crippen LogP contribution in [0.1, 0.15) is 45.1 Å². The summed E-state index contributed by atoms with van der Waals surface area (Å²) in [6.07, 6.45) is -0.370. The number of hydrogen-bond donors (Lipinski definition) is 2. The predicted octanol–water partition coefficient (Wildman–Crippen LogP) is 3.37. The van der Waals surface area contributed by atoms with Crippen LogP contribution in [-0.4, -0.2) is 67.3 Å². The van der Waals surface area contributed by atoms with Gasteiger partial charge in [-0.1, -0.05) is 43.9 Å². The van der Waals surface area contributed by atoms with Gasteiger partial charge in [-0.3, -0.25) is 0 Å². The fourth-order valence-corrected chi connectivity index (χ4v) is 3.22. The van der Waals surface area contributed by atoms with Crippen molar-refractivity contribution < 1.29 is 29.2 Å². The molecule has 1 saturated heterocycles. The lowest BCUT2D eigenvalue weighted by atomic mass is 9.99. The van der Waals surface area contributed by atoms with E-state index in [9.17, 15) is 10.2 Å². The molecule has 0 spiro atoms. The molecule has 0 aliphatic carbocycles. The number of aliphatic hydroxyl groups excluding tert-OH is 2. The number of benzene rings is 1. The number of unbranched alkanes of at least 4 members (excludes halogenated alkanes) is 2. The number of azide groups is 1. The van der Waals surface area contributed by atoms with E-state index in [2.05, 4.69) is 16.9 Å². The summed E-state index contributed by atoms with van der Waals surface area (Å²) in [5, 5.41) is 24.7. The summed E-state index contributed by atoms with van der Waals surface area (Å²) in [5.41, 5.74) is 9.39. The molecule has 2 N–H and O–H groups in total. The number of aliphatic hydroxyl groups is 2. The summed E-state index contributed by atoms with van der Waals surface area (Å²) in [7, 11) is 0. The fraction of sp³-hybridized carbons (Fsp3) is 0.727. The van der Waals surface area contributed by atoms with Crippen LogP contribution in [0.15, 0.2) is 29.4 Å². The standard InChI is InChI=1S/C22H35N3O6/c1-3-5-13-28-15-18-19(26)20(27)21(29-14-6-4-2)22(31-18)30-17-9-7-16(8-10-17)11-12-24-25-23/h7-10,18-22,26-27H,3-6,11-15H2,1-2H3/t18?,19-,20?,21?,22+/m0/s1. The molecule has 1 aliphatic rings. The van der Waals surface area contributed by atoms with Crippen LogP contribution >= 0.6 is 0 Å². The largest absolute Gasteiger partial charge is 0.462 e. The average molecular weight is 438 g/mol. The summed E-state index contributed by atoms with van der Waals surface area (Å²) in [4.78, 5) is 2.75. The van der Waals surface area contributed by atoms with Gasteiger partial charge in [0.25, 0.3) is 0 Å². The van der Waals surface area contributed by atoms with Crippen molar-refractivity contribution in [2.45, 2.75) is 76.7 Å². The van der Waals surface area contributed by atoms with Crippen LogP contribution in [0.3, 0.4) is 0 Å². The minimum Gasteiger partial charge on any atom is -0.462 e. The van der Waals surface area contributed by atoms with Crippen molar-refractivity contribution in [1.82, 2.24) is 0 Å². The van der Waals surface area contributed by atoms with Gasteiger partial charge in [-0.15, -0.1) is 0 Å². The Morgan fingerprint density at radius 3 is 2.45 bits per heavy atom. The molecule has 1 fully saturated rings. The minimum atomic E-state index is -1.15. The molecule has 9 heteroatoms. The van der Waals surface area contributed by atoms with Crippen LogP contribution in [0.4, 0.5) is 0 Å². The molecule has 31 heavy (non-hydrogen) atoms. The van der Waals surface area contributed by atoms with Crippen LogP contribution in [0, 0.1) is 0 Å². The Morgan fingerprint density at radius 2 is 1.77 bits per heavy atom. The topological polar surface area (TPSA) is 126 Å². The van der Waals surface area contributed by atoms with Crippen LogP contribution in [0.25, 0.3) is 10.4 Å². The van der Waals surface area contributed by atoms with Gasteiger partial charge in [0.2, 0.25) is 6.29 Å². The second kappa shape index (κ2) is 14.2. The average Bonchev–Trinajstić information content (AvgIpc) is 2.78. The number of hydrogen-bond acceptors (Lipinski definition) is 7. The molecule has 3 unspecified atom stereocenters. The lowest BCUT2D eigenvalue weighted by Gasteiger charge is -2.42. The van der Waals surface area contributed by atoms with E-state index >= 15 is 0 Å². The molecule has 9 nitrogen and oxygen atoms in total. The third kappa shape index (κ3) is 8.29. The molecule has 174 valence electrons. The molecule has 0 amide bonds. The molecule has 0 radical (unpaired) electrons. The van der Waals surface area contributed by atoms with Gasteiger partial charge in [0.05, 0.1) is 6.61 Å². The highest BCUT2D eigenvalue weighted by molar-refractivity contribution is 5.27. The molecule has 1 aromatic carbocycles. The van der Waals surface area contributed by atoms with Crippen LogP contribution < -0.4 is 4.74 Å². The van der Waals surface area contributed by atoms with E-state index in [0.717, 1.165) is 31.2 Å². The maximum atomic E-state index is 10.7. The van der Waals surface area contributed by atoms with E-state index in [1.165, 1.54) is 0 Å². The van der Waals surface area contributed by atoms with E-state index in [1.54, 1.807) is 12.1 Å². The Balaban J connectivity index is 2.05. The van der Waals surface area contributed by atoms with Crippen molar-refractivity contribution in [1.29, 1.82) is 0 Å². The zero-order valence-electron chi connectivity index (χ0n) is 18.4. The molecule has 1 aromatic rings. The molecular formula is C22H35N3O6. The third-order valence-corrected chi connectivity index (χ3v) is 5.12. The van der Waals surface area contributed by atoms with Crippen molar-refractivity contribution in [2.75, 3.05) is 26.4 Å². The monoisotopic (exact) mass is 437 g/mol. The summed E-state index contributed by atoms with van der Waals surface area (Å²) >= 11 is 0. The van der Waals surface area contributed by atoms with E-state index in [-0.39, 0.29) is 6.61 Å². The maximum absolute atomic E-state index is 10.7. The summed E-state index contributed by atoms with van der Waals surface area (Å²) in [5.74, 6) is 0.552. The van der Waals surface area contributed by atoms with Crippen LogP contribution in [0.2, 0.25) is 0 Å². The Morgan fingerprint density at radius 1 is 1.06 bits per heavy atom. The van der Waals surface area contributed by atoms with Crippen LogP contribution in [-0.2, 0) is 20.6 Å². The Bertz CT molecular complexity index is 666. The molecule has 1 heterocycles. The van der Waals surface area contributed by atoms with Crippen molar-refractivity contribution >= 4 is 0 Å². The highest BCUT2D eigenvalue weighted by Crippen LogP contribution is 2.27. The van der Waals surface area contributed by atoms with Gasteiger partial charge < -0.3 is 29.2 Å². The number of ether oxygens (including phenoxy) is 4. The summed E-state index contributed by atoms with van der Waals surface area (Å²) in [6.45, 7) is 5.68. The third-order valence-electron chi connectivity index (χ3n) is 5.12. The van der Waals surface area contributed by atoms with Crippen molar-refractivity contribution in [3.63, 3.8) is 0 Å². The van der Waals surface area contributed by atoms with E-state index in [0.29, 0.717) is 31.9 Å². The highest BCUT2D eigenvalue weighted by Gasteiger charge is 2.46. The van der Waals surface area contributed by atoms with Gasteiger partial charge in [0.1, 0.15) is 30.2 Å². The molecule has 0 bridgehead atoms. The molecule has 1 aliphatic heterocycles. The van der Waals surface area contributed by atoms with Crippen molar-refractivity contribution in [2.24, 2.45) is 5.11 Å². The van der Waals surface area contributed by atoms with Gasteiger partial charge >= 0.3 is 0 Å². The summed E-state index contributed by atoms with van der Waals surface area (Å²) in [6, 6.07) is 7.35. The second-order valence-corrected chi connectivity index (χ2v) is 7.61. The first-order valence-corrected chi connectivity index (χ1v) is 11.1. The smallest absolute Gasteiger partial charge is 0.229 e. The van der Waals surface area contributed by atoms with Gasteiger partial charge in [0.15, 0.2) is 0 Å². The molecular weight excluding hydrogens is 402 g/mol. The first kappa shape index (κ1) is 25.4. The molecule has 0 aromatic heterocycles. The minimum absolute atomic E-state index is 0.165. The Labute approximate surface area is 183 Å². The van der Waals surface area contributed by atoms with E-state index in [4.69, 9.17) is 24.5 Å². The van der Waals surface area contributed by atoms with Gasteiger partial charge in [-0.25, -0.2) is 0 Å². The molecule has 5 atom stereocenters. The quantitative estimate of drug-likeness (QED) is 0.199. The van der Waals surface area contributed by atoms with E-state index < -0.39 is 30.7 Å². The van der Waals surface area contributed by atoms with Gasteiger partial charge in [-0.05, 0) is 42.5 Å². The van der Waals surface area contributed by atoms with Gasteiger partial charge in [-0.2, -0.15) is 0 Å². The molecule has 0 saturated carbocycles. The lowest BCUT2D eigenvalue weighted by molar-refractivity contribution is -0.289. The summed E-state index contributed by atoms with van der Waals surface area (Å²) < 4.78 is 23.4.